The van der Waals surface area contributed by atoms with Gasteiger partial charge < -0.3 is 4.74 Å². The van der Waals surface area contributed by atoms with E-state index < -0.39 is 0 Å². The van der Waals surface area contributed by atoms with Crippen LogP contribution >= 0.6 is 15.9 Å². The normalized spacial score (nSPS) is 18.7. The zero-order valence-electron chi connectivity index (χ0n) is 14.5. The molecule has 134 valence electrons. The van der Waals surface area contributed by atoms with Crippen LogP contribution in [0.1, 0.15) is 46.9 Å². The number of benzene rings is 1. The molecule has 0 radical (unpaired) electrons. The second-order valence-corrected chi connectivity index (χ2v) is 7.24. The fraction of sp³-hybridized carbons (Fsp3) is 0.333. The van der Waals surface area contributed by atoms with E-state index in [4.69, 9.17) is 4.74 Å². The molecule has 1 aromatic carbocycles. The third kappa shape index (κ3) is 3.05. The molecule has 4 rings (SSSR count). The number of rotatable bonds is 5. The van der Waals surface area contributed by atoms with Gasteiger partial charge in [0.1, 0.15) is 5.56 Å². The highest BCUT2D eigenvalue weighted by Gasteiger charge is 2.46. The largest absolute Gasteiger partial charge is 0.462 e. The topological polar surface area (TPSA) is 74.8 Å². The molecule has 0 aliphatic heterocycles. The number of hydrogen-bond acceptors (Lipinski definition) is 5. The van der Waals surface area contributed by atoms with E-state index in [0.717, 1.165) is 28.0 Å². The molecule has 1 saturated carbocycles. The molecule has 2 atom stereocenters. The van der Waals surface area contributed by atoms with Crippen LogP contribution in [0.2, 0.25) is 0 Å². The summed E-state index contributed by atoms with van der Waals surface area (Å²) in [4.78, 5) is 12.4. The maximum absolute atomic E-state index is 12.4. The average molecular weight is 416 g/mol. The number of aromatic nitrogens is 5. The van der Waals surface area contributed by atoms with Crippen molar-refractivity contribution < 1.29 is 9.53 Å². The van der Waals surface area contributed by atoms with E-state index in [0.29, 0.717) is 12.2 Å². The molecule has 1 fully saturated rings. The number of halogens is 1. The monoisotopic (exact) mass is 415 g/mol. The van der Waals surface area contributed by atoms with Crippen LogP contribution in [-0.2, 0) is 11.8 Å². The van der Waals surface area contributed by atoms with Gasteiger partial charge in [0, 0.05) is 29.6 Å². The molecule has 26 heavy (non-hydrogen) atoms. The van der Waals surface area contributed by atoms with Crippen LogP contribution < -0.4 is 0 Å². The fourth-order valence-electron chi connectivity index (χ4n) is 3.25. The van der Waals surface area contributed by atoms with Gasteiger partial charge in [-0.15, -0.1) is 5.10 Å². The first-order valence-electron chi connectivity index (χ1n) is 8.45. The number of ether oxygens (including phenoxy) is 1. The van der Waals surface area contributed by atoms with Gasteiger partial charge in [-0.05, 0) is 31.5 Å². The van der Waals surface area contributed by atoms with Gasteiger partial charge in [-0.2, -0.15) is 5.10 Å². The summed E-state index contributed by atoms with van der Waals surface area (Å²) >= 11 is 3.49. The van der Waals surface area contributed by atoms with Crippen molar-refractivity contribution >= 4 is 21.9 Å². The van der Waals surface area contributed by atoms with Crippen LogP contribution in [0.15, 0.2) is 41.1 Å². The van der Waals surface area contributed by atoms with Gasteiger partial charge in [0.15, 0.2) is 0 Å². The van der Waals surface area contributed by atoms with Crippen LogP contribution in [0, 0.1) is 0 Å². The Hall–Kier alpha value is -2.48. The third-order valence-electron chi connectivity index (χ3n) is 4.50. The van der Waals surface area contributed by atoms with E-state index in [1.807, 2.05) is 42.2 Å². The molecular weight excluding hydrogens is 398 g/mol. The Kier molecular flexibility index (Phi) is 4.36. The van der Waals surface area contributed by atoms with E-state index in [1.165, 1.54) is 0 Å². The van der Waals surface area contributed by atoms with Crippen LogP contribution in [0.25, 0.3) is 5.69 Å². The standard InChI is InChI=1S/C18H18BrN5O2/c1-3-26-18(25)15-9-20-24(12-6-4-5-11(19)7-12)17(15)14-8-13(14)16-10-23(2)22-21-16/h4-7,9-10,13-14H,3,8H2,1-2H3/t13-,14-/m0/s1. The van der Waals surface area contributed by atoms with Gasteiger partial charge in [0.05, 0.1) is 29.9 Å². The van der Waals surface area contributed by atoms with E-state index in [9.17, 15) is 4.79 Å². The lowest BCUT2D eigenvalue weighted by molar-refractivity contribution is 0.0525. The van der Waals surface area contributed by atoms with Gasteiger partial charge in [0.2, 0.25) is 0 Å². The lowest BCUT2D eigenvalue weighted by Gasteiger charge is -2.10. The lowest BCUT2D eigenvalue weighted by atomic mass is 10.1. The first kappa shape index (κ1) is 17.0. The number of esters is 1. The third-order valence-corrected chi connectivity index (χ3v) is 4.99. The quantitative estimate of drug-likeness (QED) is 0.598. The van der Waals surface area contributed by atoms with Gasteiger partial charge in [-0.3, -0.25) is 4.68 Å². The summed E-state index contributed by atoms with van der Waals surface area (Å²) in [5, 5.41) is 12.7. The number of hydrogen-bond donors (Lipinski definition) is 0. The first-order chi connectivity index (χ1) is 12.6. The van der Waals surface area contributed by atoms with E-state index in [2.05, 4.69) is 31.3 Å². The molecular formula is C18H18BrN5O2. The highest BCUT2D eigenvalue weighted by Crippen LogP contribution is 2.55. The van der Waals surface area contributed by atoms with Crippen molar-refractivity contribution in [3.63, 3.8) is 0 Å². The van der Waals surface area contributed by atoms with Gasteiger partial charge in [0.25, 0.3) is 0 Å². The molecule has 1 aliphatic rings. The second-order valence-electron chi connectivity index (χ2n) is 6.32. The smallest absolute Gasteiger partial charge is 0.341 e. The molecule has 3 aromatic rings. The number of carbonyl (C=O) groups excluding carboxylic acids is 1. The summed E-state index contributed by atoms with van der Waals surface area (Å²) in [7, 11) is 1.85. The summed E-state index contributed by atoms with van der Waals surface area (Å²) in [6.07, 6.45) is 4.43. The minimum atomic E-state index is -0.339. The predicted octanol–water partition coefficient (Wildman–Crippen LogP) is 3.21. The molecule has 1 aliphatic carbocycles. The molecule has 8 heteroatoms. The van der Waals surface area contributed by atoms with Crippen molar-refractivity contribution in [2.24, 2.45) is 7.05 Å². The fourth-order valence-corrected chi connectivity index (χ4v) is 3.64. The van der Waals surface area contributed by atoms with Crippen molar-refractivity contribution in [3.05, 3.63) is 58.1 Å². The Morgan fingerprint density at radius 3 is 2.92 bits per heavy atom. The summed E-state index contributed by atoms with van der Waals surface area (Å²) in [5.74, 6) is 0.0561. The van der Waals surface area contributed by atoms with Crippen LogP contribution in [-0.4, -0.2) is 37.4 Å². The highest BCUT2D eigenvalue weighted by molar-refractivity contribution is 9.10. The number of carbonyl (C=O) groups is 1. The molecule has 0 unspecified atom stereocenters. The van der Waals surface area contributed by atoms with Gasteiger partial charge in [-0.1, -0.05) is 27.2 Å². The minimum Gasteiger partial charge on any atom is -0.462 e. The Morgan fingerprint density at radius 2 is 2.23 bits per heavy atom. The van der Waals surface area contributed by atoms with Crippen LogP contribution in [0.3, 0.4) is 0 Å². The molecule has 0 saturated heterocycles. The van der Waals surface area contributed by atoms with E-state index >= 15 is 0 Å². The van der Waals surface area contributed by atoms with Crippen molar-refractivity contribution in [2.75, 3.05) is 6.61 Å². The van der Waals surface area contributed by atoms with Gasteiger partial charge >= 0.3 is 5.97 Å². The second kappa shape index (κ2) is 6.68. The Bertz CT molecular complexity index is 964. The Labute approximate surface area is 159 Å². The number of aryl methyl sites for hydroxylation is 1. The zero-order valence-corrected chi connectivity index (χ0v) is 16.0. The van der Waals surface area contributed by atoms with Crippen LogP contribution in [0.5, 0.6) is 0 Å². The SMILES string of the molecule is CCOC(=O)c1cnn(-c2cccc(Br)c2)c1[C@H]1C[C@@H]1c1cn(C)nn1. The van der Waals surface area contributed by atoms with Crippen molar-refractivity contribution in [2.45, 2.75) is 25.2 Å². The van der Waals surface area contributed by atoms with E-state index in [1.54, 1.807) is 17.8 Å². The van der Waals surface area contributed by atoms with E-state index in [-0.39, 0.29) is 17.8 Å². The maximum Gasteiger partial charge on any atom is 0.341 e. The summed E-state index contributed by atoms with van der Waals surface area (Å²) in [5.41, 5.74) is 3.23. The highest BCUT2D eigenvalue weighted by atomic mass is 79.9. The van der Waals surface area contributed by atoms with Crippen molar-refractivity contribution in [1.82, 2.24) is 24.8 Å². The summed E-state index contributed by atoms with van der Waals surface area (Å²) in [6, 6.07) is 7.85. The Balaban J connectivity index is 1.75. The molecule has 0 amide bonds. The average Bonchev–Trinajstić information content (AvgIpc) is 3.07. The lowest BCUT2D eigenvalue weighted by Crippen LogP contribution is -2.09. The van der Waals surface area contributed by atoms with Crippen molar-refractivity contribution in [3.8, 4) is 5.69 Å². The van der Waals surface area contributed by atoms with Crippen LogP contribution in [0.4, 0.5) is 0 Å². The van der Waals surface area contributed by atoms with Gasteiger partial charge in [-0.25, -0.2) is 9.48 Å². The Morgan fingerprint density at radius 1 is 1.38 bits per heavy atom. The van der Waals surface area contributed by atoms with Crippen molar-refractivity contribution in [1.29, 1.82) is 0 Å². The molecule has 0 spiro atoms. The molecule has 2 aromatic heterocycles. The molecule has 2 heterocycles. The summed E-state index contributed by atoms with van der Waals surface area (Å²) in [6.45, 7) is 2.13. The molecule has 0 N–H and O–H groups in total. The predicted molar refractivity (Wildman–Crippen MR) is 98.3 cm³/mol. The first-order valence-corrected chi connectivity index (χ1v) is 9.25. The zero-order chi connectivity index (χ0) is 18.3. The maximum atomic E-state index is 12.4. The molecule has 0 bridgehead atoms. The summed E-state index contributed by atoms with van der Waals surface area (Å²) < 4.78 is 9.71. The number of nitrogens with zero attached hydrogens (tertiary/aromatic N) is 5. The minimum absolute atomic E-state index is 0.160. The molecule has 7 nitrogen and oxygen atoms in total.